The van der Waals surface area contributed by atoms with Crippen LogP contribution >= 0.6 is 0 Å². The molecule has 2 saturated heterocycles. The van der Waals surface area contributed by atoms with Crippen molar-refractivity contribution in [2.45, 2.75) is 25.3 Å². The van der Waals surface area contributed by atoms with Gasteiger partial charge < -0.3 is 25.0 Å². The van der Waals surface area contributed by atoms with E-state index in [9.17, 15) is 9.59 Å². The molecule has 3 aliphatic rings. The Morgan fingerprint density at radius 2 is 1.78 bits per heavy atom. The van der Waals surface area contributed by atoms with Crippen molar-refractivity contribution in [1.82, 2.24) is 4.90 Å². The Hall–Kier alpha value is -2.28. The quantitative estimate of drug-likeness (QED) is 0.859. The average Bonchev–Trinajstić information content (AvgIpc) is 3.36. The summed E-state index contributed by atoms with van der Waals surface area (Å²) in [6.07, 6.45) is 2.41. The van der Waals surface area contributed by atoms with Crippen LogP contribution in [0.5, 0.6) is 11.5 Å². The minimum absolute atomic E-state index is 0.0419. The lowest BCUT2D eigenvalue weighted by atomic mass is 9.98. The first kappa shape index (κ1) is 18.1. The van der Waals surface area contributed by atoms with Gasteiger partial charge in [-0.15, -0.1) is 0 Å². The number of hydrogen-bond acceptors (Lipinski definition) is 5. The molecule has 27 heavy (non-hydrogen) atoms. The molecule has 7 nitrogen and oxygen atoms in total. The Morgan fingerprint density at radius 3 is 2.41 bits per heavy atom. The van der Waals surface area contributed by atoms with Crippen LogP contribution in [0, 0.1) is 17.8 Å². The van der Waals surface area contributed by atoms with Gasteiger partial charge in [0.15, 0.2) is 0 Å². The standard InChI is InChI=1S/C20H27N3O4/c1-26-15-6-14(7-16(8-15)27-2)23-10-13(5-19(23)24)20(25)22-9-12-3-4-18(21)17(12)11-22/h6-8,12-13,17-18H,3-5,9-11,21H2,1-2H3. The molecule has 146 valence electrons. The van der Waals surface area contributed by atoms with Gasteiger partial charge in [0.2, 0.25) is 11.8 Å². The summed E-state index contributed by atoms with van der Waals surface area (Å²) in [5.41, 5.74) is 6.89. The van der Waals surface area contributed by atoms with Crippen LogP contribution in [-0.2, 0) is 9.59 Å². The molecule has 0 spiro atoms. The van der Waals surface area contributed by atoms with E-state index in [0.29, 0.717) is 35.6 Å². The molecular formula is C20H27N3O4. The number of amides is 2. The fraction of sp³-hybridized carbons (Fsp3) is 0.600. The summed E-state index contributed by atoms with van der Waals surface area (Å²) in [5.74, 6) is 1.93. The smallest absolute Gasteiger partial charge is 0.228 e. The Kier molecular flexibility index (Phi) is 4.72. The molecule has 1 aliphatic carbocycles. The molecule has 1 aromatic rings. The van der Waals surface area contributed by atoms with Crippen LogP contribution in [0.2, 0.25) is 0 Å². The van der Waals surface area contributed by atoms with Gasteiger partial charge in [0.1, 0.15) is 11.5 Å². The van der Waals surface area contributed by atoms with Crippen molar-refractivity contribution in [2.24, 2.45) is 23.5 Å². The number of rotatable bonds is 4. The fourth-order valence-electron chi connectivity index (χ4n) is 4.82. The summed E-state index contributed by atoms with van der Waals surface area (Å²) in [6.45, 7) is 1.92. The molecule has 1 aromatic carbocycles. The first-order valence-electron chi connectivity index (χ1n) is 9.58. The Morgan fingerprint density at radius 1 is 1.07 bits per heavy atom. The highest BCUT2D eigenvalue weighted by atomic mass is 16.5. The average molecular weight is 373 g/mol. The van der Waals surface area contributed by atoms with E-state index in [0.717, 1.165) is 25.9 Å². The van der Waals surface area contributed by atoms with Gasteiger partial charge in [-0.25, -0.2) is 0 Å². The largest absolute Gasteiger partial charge is 0.497 e. The zero-order valence-corrected chi connectivity index (χ0v) is 15.9. The lowest BCUT2D eigenvalue weighted by Crippen LogP contribution is -2.38. The van der Waals surface area contributed by atoms with E-state index in [1.807, 2.05) is 4.90 Å². The lowest BCUT2D eigenvalue weighted by molar-refractivity contribution is -0.135. The van der Waals surface area contributed by atoms with Crippen molar-refractivity contribution < 1.29 is 19.1 Å². The number of anilines is 1. The van der Waals surface area contributed by atoms with E-state index < -0.39 is 0 Å². The third kappa shape index (κ3) is 3.25. The minimum atomic E-state index is -0.301. The molecule has 2 heterocycles. The summed E-state index contributed by atoms with van der Waals surface area (Å²) in [5, 5.41) is 0. The molecule has 0 bridgehead atoms. The first-order valence-corrected chi connectivity index (χ1v) is 9.58. The second-order valence-corrected chi connectivity index (χ2v) is 7.88. The van der Waals surface area contributed by atoms with Gasteiger partial charge >= 0.3 is 0 Å². The third-order valence-electron chi connectivity index (χ3n) is 6.35. The number of carbonyl (C=O) groups excluding carboxylic acids is 2. The highest BCUT2D eigenvalue weighted by Gasteiger charge is 2.45. The fourth-order valence-corrected chi connectivity index (χ4v) is 4.82. The highest BCUT2D eigenvalue weighted by Crippen LogP contribution is 2.39. The lowest BCUT2D eigenvalue weighted by Gasteiger charge is -2.23. The van der Waals surface area contributed by atoms with Gasteiger partial charge in [-0.1, -0.05) is 0 Å². The third-order valence-corrected chi connectivity index (χ3v) is 6.35. The van der Waals surface area contributed by atoms with Gasteiger partial charge in [0.25, 0.3) is 0 Å². The van der Waals surface area contributed by atoms with E-state index in [4.69, 9.17) is 15.2 Å². The topological polar surface area (TPSA) is 85.1 Å². The number of likely N-dealkylation sites (tertiary alicyclic amines) is 1. The van der Waals surface area contributed by atoms with Crippen LogP contribution < -0.4 is 20.1 Å². The maximum absolute atomic E-state index is 13.0. The summed E-state index contributed by atoms with van der Waals surface area (Å²) in [7, 11) is 3.15. The maximum atomic E-state index is 13.0. The molecule has 3 fully saturated rings. The number of nitrogens with zero attached hydrogens (tertiary/aromatic N) is 2. The molecule has 2 N–H and O–H groups in total. The van der Waals surface area contributed by atoms with Crippen molar-refractivity contribution >= 4 is 17.5 Å². The van der Waals surface area contributed by atoms with Crippen molar-refractivity contribution in [1.29, 1.82) is 0 Å². The highest BCUT2D eigenvalue weighted by molar-refractivity contribution is 6.00. The number of hydrogen-bond donors (Lipinski definition) is 1. The van der Waals surface area contributed by atoms with E-state index in [-0.39, 0.29) is 30.2 Å². The van der Waals surface area contributed by atoms with E-state index in [1.165, 1.54) is 0 Å². The van der Waals surface area contributed by atoms with Crippen molar-refractivity contribution in [3.63, 3.8) is 0 Å². The summed E-state index contributed by atoms with van der Waals surface area (Å²) in [6, 6.07) is 5.57. The molecule has 1 saturated carbocycles. The predicted molar refractivity (Wildman–Crippen MR) is 101 cm³/mol. The zero-order valence-electron chi connectivity index (χ0n) is 15.9. The second kappa shape index (κ2) is 7.03. The van der Waals surface area contributed by atoms with E-state index in [2.05, 4.69) is 0 Å². The first-order chi connectivity index (χ1) is 13.0. The maximum Gasteiger partial charge on any atom is 0.228 e. The van der Waals surface area contributed by atoms with Crippen molar-refractivity contribution in [3.8, 4) is 11.5 Å². The Labute approximate surface area is 159 Å². The predicted octanol–water partition coefficient (Wildman–Crippen LogP) is 1.25. The molecule has 4 unspecified atom stereocenters. The number of carbonyl (C=O) groups is 2. The van der Waals surface area contributed by atoms with Crippen LogP contribution in [0.1, 0.15) is 19.3 Å². The summed E-state index contributed by atoms with van der Waals surface area (Å²) in [4.78, 5) is 29.2. The van der Waals surface area contributed by atoms with Crippen molar-refractivity contribution in [2.75, 3.05) is 38.8 Å². The van der Waals surface area contributed by atoms with Gasteiger partial charge in [-0.3, -0.25) is 9.59 Å². The molecule has 2 aliphatic heterocycles. The zero-order chi connectivity index (χ0) is 19.1. The van der Waals surface area contributed by atoms with Crippen LogP contribution in [-0.4, -0.2) is 56.6 Å². The molecule has 0 aromatic heterocycles. The number of ether oxygens (including phenoxy) is 2. The van der Waals surface area contributed by atoms with Gasteiger partial charge in [0, 0.05) is 50.3 Å². The van der Waals surface area contributed by atoms with Gasteiger partial charge in [0.05, 0.1) is 25.8 Å². The Balaban J connectivity index is 1.47. The normalized spacial score (nSPS) is 30.0. The number of methoxy groups -OCH3 is 2. The van der Waals surface area contributed by atoms with Crippen LogP contribution in [0.15, 0.2) is 18.2 Å². The molecular weight excluding hydrogens is 346 g/mol. The van der Waals surface area contributed by atoms with E-state index in [1.54, 1.807) is 37.3 Å². The molecule has 0 radical (unpaired) electrons. The number of nitrogens with two attached hydrogens (primary N) is 1. The molecule has 4 atom stereocenters. The summed E-state index contributed by atoms with van der Waals surface area (Å²) >= 11 is 0. The monoisotopic (exact) mass is 373 g/mol. The minimum Gasteiger partial charge on any atom is -0.497 e. The van der Waals surface area contributed by atoms with Crippen LogP contribution in [0.25, 0.3) is 0 Å². The summed E-state index contributed by atoms with van der Waals surface area (Å²) < 4.78 is 10.6. The molecule has 4 rings (SSSR count). The molecule has 7 heteroatoms. The number of benzene rings is 1. The van der Waals surface area contributed by atoms with Crippen LogP contribution in [0.3, 0.4) is 0 Å². The second-order valence-electron chi connectivity index (χ2n) is 7.88. The molecule has 2 amide bonds. The van der Waals surface area contributed by atoms with Gasteiger partial charge in [-0.2, -0.15) is 0 Å². The van der Waals surface area contributed by atoms with Crippen LogP contribution in [0.4, 0.5) is 5.69 Å². The van der Waals surface area contributed by atoms with Crippen molar-refractivity contribution in [3.05, 3.63) is 18.2 Å². The van der Waals surface area contributed by atoms with E-state index >= 15 is 0 Å². The number of fused-ring (bicyclic) bond motifs is 1. The SMILES string of the molecule is COc1cc(OC)cc(N2CC(C(=O)N3CC4CCC(N)C4C3)CC2=O)c1. The Bertz CT molecular complexity index is 730. The van der Waals surface area contributed by atoms with Gasteiger partial charge in [-0.05, 0) is 24.7 Å².